The summed E-state index contributed by atoms with van der Waals surface area (Å²) >= 11 is 12.1. The quantitative estimate of drug-likeness (QED) is 0.542. The van der Waals surface area contributed by atoms with Gasteiger partial charge in [0.25, 0.3) is 5.91 Å². The summed E-state index contributed by atoms with van der Waals surface area (Å²) in [6.07, 6.45) is 1.71. The Morgan fingerprint density at radius 1 is 1.14 bits per heavy atom. The van der Waals surface area contributed by atoms with E-state index in [9.17, 15) is 9.59 Å². The second-order valence-corrected chi connectivity index (χ2v) is 7.92. The first kappa shape index (κ1) is 20.2. The number of esters is 1. The van der Waals surface area contributed by atoms with E-state index in [0.29, 0.717) is 32.6 Å². The van der Waals surface area contributed by atoms with E-state index in [0.717, 1.165) is 5.56 Å². The Morgan fingerprint density at radius 2 is 1.82 bits per heavy atom. The highest BCUT2D eigenvalue weighted by Gasteiger charge is 2.30. The first-order chi connectivity index (χ1) is 13.2. The zero-order valence-corrected chi connectivity index (χ0v) is 17.1. The fourth-order valence-corrected chi connectivity index (χ4v) is 3.18. The molecule has 0 saturated carbocycles. The van der Waals surface area contributed by atoms with Crippen molar-refractivity contribution in [3.63, 3.8) is 0 Å². The molecule has 0 unspecified atom stereocenters. The van der Waals surface area contributed by atoms with E-state index < -0.39 is 5.41 Å². The van der Waals surface area contributed by atoms with Crippen LogP contribution in [0.25, 0.3) is 11.6 Å². The minimum Gasteiger partial charge on any atom is -0.492 e. The Morgan fingerprint density at radius 3 is 2.54 bits per heavy atom. The lowest BCUT2D eigenvalue weighted by Crippen LogP contribution is -2.32. The molecule has 0 radical (unpaired) electrons. The molecular weight excluding hydrogens is 401 g/mol. The molecule has 7 heteroatoms. The molecule has 0 spiro atoms. The van der Waals surface area contributed by atoms with Crippen molar-refractivity contribution < 1.29 is 19.1 Å². The number of amides is 1. The Labute approximate surface area is 173 Å². The minimum absolute atomic E-state index is 0.107. The highest BCUT2D eigenvalue weighted by molar-refractivity contribution is 6.37. The summed E-state index contributed by atoms with van der Waals surface area (Å²) in [7, 11) is 1.34. The fraction of sp³-hybridized carbons (Fsp3) is 0.238. The van der Waals surface area contributed by atoms with Crippen molar-refractivity contribution in [3.8, 4) is 5.75 Å². The van der Waals surface area contributed by atoms with Crippen LogP contribution in [-0.2, 0) is 14.3 Å². The van der Waals surface area contributed by atoms with E-state index in [2.05, 4.69) is 5.32 Å². The minimum atomic E-state index is -0.827. The molecule has 3 rings (SSSR count). The number of rotatable bonds is 5. The third kappa shape index (κ3) is 4.16. The molecule has 0 aliphatic carbocycles. The number of carbonyl (C=O) groups is 2. The summed E-state index contributed by atoms with van der Waals surface area (Å²) in [6, 6.07) is 10.3. The number of anilines is 1. The highest BCUT2D eigenvalue weighted by Crippen LogP contribution is 2.37. The van der Waals surface area contributed by atoms with Crippen LogP contribution in [-0.4, -0.2) is 25.6 Å². The topological polar surface area (TPSA) is 64.6 Å². The number of ether oxygens (including phenoxy) is 2. The molecule has 0 saturated heterocycles. The third-order valence-corrected chi connectivity index (χ3v) is 4.83. The molecule has 2 aromatic rings. The molecular formula is C21H19Cl2NO4. The zero-order chi connectivity index (χ0) is 20.5. The Hall–Kier alpha value is -2.50. The predicted octanol–water partition coefficient (Wildman–Crippen LogP) is 5.06. The Bertz CT molecular complexity index is 982. The predicted molar refractivity (Wildman–Crippen MR) is 111 cm³/mol. The van der Waals surface area contributed by atoms with E-state index in [1.807, 2.05) is 0 Å². The Balaban J connectivity index is 1.95. The maximum absolute atomic E-state index is 12.4. The number of halogens is 2. The van der Waals surface area contributed by atoms with Crippen molar-refractivity contribution in [2.75, 3.05) is 19.0 Å². The summed E-state index contributed by atoms with van der Waals surface area (Å²) in [4.78, 5) is 24.3. The first-order valence-electron chi connectivity index (χ1n) is 8.55. The van der Waals surface area contributed by atoms with Crippen LogP contribution >= 0.6 is 23.2 Å². The van der Waals surface area contributed by atoms with Crippen LogP contribution < -0.4 is 10.1 Å². The van der Waals surface area contributed by atoms with E-state index >= 15 is 0 Å². The smallest absolute Gasteiger partial charge is 0.314 e. The van der Waals surface area contributed by atoms with E-state index in [-0.39, 0.29) is 18.5 Å². The third-order valence-electron chi connectivity index (χ3n) is 4.36. The number of hydrogen-bond acceptors (Lipinski definition) is 4. The van der Waals surface area contributed by atoms with Gasteiger partial charge in [0.15, 0.2) is 0 Å². The second kappa shape index (κ2) is 7.86. The number of hydrogen-bond donors (Lipinski definition) is 1. The molecule has 1 heterocycles. The summed E-state index contributed by atoms with van der Waals surface area (Å²) in [5, 5.41) is 3.83. The highest BCUT2D eigenvalue weighted by atomic mass is 35.5. The average molecular weight is 420 g/mol. The van der Waals surface area contributed by atoms with Gasteiger partial charge >= 0.3 is 5.97 Å². The molecule has 0 atom stereocenters. The number of nitrogens with one attached hydrogen (secondary N) is 1. The van der Waals surface area contributed by atoms with Crippen LogP contribution in [0.4, 0.5) is 5.69 Å². The van der Waals surface area contributed by atoms with E-state index in [1.54, 1.807) is 56.3 Å². The van der Waals surface area contributed by atoms with Crippen LogP contribution in [0.1, 0.15) is 25.0 Å². The molecule has 1 aliphatic heterocycles. The molecule has 5 nitrogen and oxygen atoms in total. The van der Waals surface area contributed by atoms with Crippen molar-refractivity contribution in [1.82, 2.24) is 0 Å². The molecule has 0 bridgehead atoms. The molecule has 0 aromatic heterocycles. The van der Waals surface area contributed by atoms with Gasteiger partial charge in [0.1, 0.15) is 12.4 Å². The Kier molecular flexibility index (Phi) is 5.68. The number of methoxy groups -OCH3 is 1. The summed E-state index contributed by atoms with van der Waals surface area (Å²) in [5.74, 6) is -0.107. The molecule has 28 heavy (non-hydrogen) atoms. The molecule has 1 N–H and O–H groups in total. The lowest BCUT2D eigenvalue weighted by Gasteiger charge is -2.22. The van der Waals surface area contributed by atoms with Crippen molar-refractivity contribution in [3.05, 3.63) is 57.6 Å². The monoisotopic (exact) mass is 419 g/mol. The maximum atomic E-state index is 12.4. The maximum Gasteiger partial charge on any atom is 0.314 e. The number of benzene rings is 2. The van der Waals surface area contributed by atoms with Gasteiger partial charge in [-0.1, -0.05) is 29.3 Å². The number of fused-ring (bicyclic) bond motifs is 1. The first-order valence-corrected chi connectivity index (χ1v) is 9.30. The van der Waals surface area contributed by atoms with Gasteiger partial charge in [-0.25, -0.2) is 0 Å². The SMILES string of the molecule is COC(=O)C(C)(C)COc1ccc(Cl)cc1/C=C1/C(=O)Nc2cc(Cl)ccc21. The summed E-state index contributed by atoms with van der Waals surface area (Å²) in [5.41, 5.74) is 1.68. The van der Waals surface area contributed by atoms with Gasteiger partial charge in [-0.15, -0.1) is 0 Å². The van der Waals surface area contributed by atoms with Crippen LogP contribution in [0.5, 0.6) is 5.75 Å². The standard InChI is InChI=1S/C21H19Cl2NO4/c1-21(2,20(26)27-3)11-28-18-7-5-13(22)8-12(18)9-16-15-6-4-14(23)10-17(15)24-19(16)25/h4-10H,11H2,1-3H3,(H,24,25)/b16-9+. The normalized spacial score (nSPS) is 14.6. The molecule has 2 aromatic carbocycles. The van der Waals surface area contributed by atoms with Gasteiger partial charge in [0.05, 0.1) is 18.2 Å². The van der Waals surface area contributed by atoms with Gasteiger partial charge in [-0.05, 0) is 50.3 Å². The fourth-order valence-electron chi connectivity index (χ4n) is 2.82. The lowest BCUT2D eigenvalue weighted by molar-refractivity contribution is -0.152. The van der Waals surface area contributed by atoms with Crippen molar-refractivity contribution in [2.45, 2.75) is 13.8 Å². The van der Waals surface area contributed by atoms with Gasteiger partial charge in [-0.2, -0.15) is 0 Å². The van der Waals surface area contributed by atoms with Crippen molar-refractivity contribution >= 4 is 52.4 Å². The van der Waals surface area contributed by atoms with Gasteiger partial charge in [0.2, 0.25) is 0 Å². The molecule has 1 aliphatic rings. The van der Waals surface area contributed by atoms with Gasteiger partial charge in [0, 0.05) is 26.7 Å². The molecule has 1 amide bonds. The van der Waals surface area contributed by atoms with Crippen LogP contribution in [0.2, 0.25) is 10.0 Å². The van der Waals surface area contributed by atoms with Crippen LogP contribution in [0.15, 0.2) is 36.4 Å². The van der Waals surface area contributed by atoms with Crippen LogP contribution in [0.3, 0.4) is 0 Å². The lowest BCUT2D eigenvalue weighted by atomic mass is 9.95. The van der Waals surface area contributed by atoms with E-state index in [1.165, 1.54) is 7.11 Å². The largest absolute Gasteiger partial charge is 0.492 e. The van der Waals surface area contributed by atoms with Gasteiger partial charge < -0.3 is 14.8 Å². The summed E-state index contributed by atoms with van der Waals surface area (Å²) < 4.78 is 10.7. The zero-order valence-electron chi connectivity index (χ0n) is 15.6. The summed E-state index contributed by atoms with van der Waals surface area (Å²) in [6.45, 7) is 3.57. The van der Waals surface area contributed by atoms with Crippen molar-refractivity contribution in [1.29, 1.82) is 0 Å². The van der Waals surface area contributed by atoms with Gasteiger partial charge in [-0.3, -0.25) is 9.59 Å². The molecule has 146 valence electrons. The van der Waals surface area contributed by atoms with Crippen LogP contribution in [0, 0.1) is 5.41 Å². The van der Waals surface area contributed by atoms with Crippen molar-refractivity contribution in [2.24, 2.45) is 5.41 Å². The number of carbonyl (C=O) groups excluding carboxylic acids is 2. The molecule has 0 fully saturated rings. The second-order valence-electron chi connectivity index (χ2n) is 7.05. The average Bonchev–Trinajstić information content (AvgIpc) is 2.94. The van der Waals surface area contributed by atoms with E-state index in [4.69, 9.17) is 32.7 Å².